The first-order valence-corrected chi connectivity index (χ1v) is 8.20. The average Bonchev–Trinajstić information content (AvgIpc) is 3.01. The zero-order chi connectivity index (χ0) is 16.2. The highest BCUT2D eigenvalue weighted by Crippen LogP contribution is 2.21. The van der Waals surface area contributed by atoms with E-state index in [1.54, 1.807) is 19.1 Å². The molecule has 2 N–H and O–H groups in total. The normalized spacial score (nSPS) is 20.6. The molecule has 22 heavy (non-hydrogen) atoms. The summed E-state index contributed by atoms with van der Waals surface area (Å²) in [7, 11) is 0. The summed E-state index contributed by atoms with van der Waals surface area (Å²) < 4.78 is 5.24. The van der Waals surface area contributed by atoms with Crippen LogP contribution in [0.15, 0.2) is 22.8 Å². The first-order valence-electron chi connectivity index (χ1n) is 8.20. The van der Waals surface area contributed by atoms with Crippen molar-refractivity contribution in [3.63, 3.8) is 0 Å². The maximum absolute atomic E-state index is 12.6. The molecule has 0 radical (unpaired) electrons. The number of rotatable bonds is 6. The second-order valence-electron chi connectivity index (χ2n) is 6.75. The van der Waals surface area contributed by atoms with Gasteiger partial charge in [-0.3, -0.25) is 9.69 Å². The highest BCUT2D eigenvalue weighted by atomic mass is 16.4. The SMILES string of the molecule is CC(C)C(C(=O)NCC(C)(O)c1ccco1)N1CCCCC1. The Morgan fingerprint density at radius 1 is 1.41 bits per heavy atom. The number of furan rings is 1. The molecule has 5 heteroatoms. The van der Waals surface area contributed by atoms with E-state index in [9.17, 15) is 9.90 Å². The largest absolute Gasteiger partial charge is 0.466 e. The molecular weight excluding hydrogens is 280 g/mol. The van der Waals surface area contributed by atoms with Crippen LogP contribution in [-0.2, 0) is 10.4 Å². The Bertz CT molecular complexity index is 462. The van der Waals surface area contributed by atoms with Crippen molar-refractivity contribution in [3.8, 4) is 0 Å². The maximum atomic E-state index is 12.6. The monoisotopic (exact) mass is 308 g/mol. The number of carbonyl (C=O) groups excluding carboxylic acids is 1. The predicted molar refractivity (Wildman–Crippen MR) is 85.3 cm³/mol. The Hall–Kier alpha value is -1.33. The van der Waals surface area contributed by atoms with Crippen LogP contribution >= 0.6 is 0 Å². The third-order valence-corrected chi connectivity index (χ3v) is 4.34. The molecule has 1 fully saturated rings. The van der Waals surface area contributed by atoms with Gasteiger partial charge in [0.05, 0.1) is 18.8 Å². The molecule has 124 valence electrons. The topological polar surface area (TPSA) is 65.7 Å². The molecule has 2 heterocycles. The molecule has 0 saturated carbocycles. The van der Waals surface area contributed by atoms with E-state index in [0.717, 1.165) is 25.9 Å². The number of carbonyl (C=O) groups is 1. The molecule has 1 aliphatic heterocycles. The molecule has 1 amide bonds. The third kappa shape index (κ3) is 4.11. The Kier molecular flexibility index (Phi) is 5.64. The summed E-state index contributed by atoms with van der Waals surface area (Å²) in [5.41, 5.74) is -1.19. The van der Waals surface area contributed by atoms with Crippen LogP contribution in [-0.4, -0.2) is 41.6 Å². The van der Waals surface area contributed by atoms with E-state index >= 15 is 0 Å². The van der Waals surface area contributed by atoms with Crippen molar-refractivity contribution in [1.29, 1.82) is 0 Å². The fourth-order valence-corrected chi connectivity index (χ4v) is 3.12. The van der Waals surface area contributed by atoms with Crippen molar-refractivity contribution in [2.24, 2.45) is 5.92 Å². The number of amides is 1. The molecule has 1 saturated heterocycles. The van der Waals surface area contributed by atoms with Crippen LogP contribution in [0.3, 0.4) is 0 Å². The minimum Gasteiger partial charge on any atom is -0.466 e. The summed E-state index contributed by atoms with van der Waals surface area (Å²) in [5.74, 6) is 0.697. The van der Waals surface area contributed by atoms with Gasteiger partial charge in [-0.05, 0) is 50.9 Å². The lowest BCUT2D eigenvalue weighted by Crippen LogP contribution is -2.53. The van der Waals surface area contributed by atoms with Gasteiger partial charge in [0.25, 0.3) is 0 Å². The number of hydrogen-bond donors (Lipinski definition) is 2. The second kappa shape index (κ2) is 7.29. The van der Waals surface area contributed by atoms with Crippen molar-refractivity contribution in [2.45, 2.75) is 51.7 Å². The van der Waals surface area contributed by atoms with E-state index < -0.39 is 5.60 Å². The minimum atomic E-state index is -1.19. The number of nitrogens with one attached hydrogen (secondary N) is 1. The van der Waals surface area contributed by atoms with Gasteiger partial charge < -0.3 is 14.8 Å². The van der Waals surface area contributed by atoms with Crippen molar-refractivity contribution < 1.29 is 14.3 Å². The van der Waals surface area contributed by atoms with E-state index in [1.807, 2.05) is 0 Å². The highest BCUT2D eigenvalue weighted by molar-refractivity contribution is 5.82. The molecule has 1 aromatic rings. The summed E-state index contributed by atoms with van der Waals surface area (Å²) >= 11 is 0. The number of aliphatic hydroxyl groups is 1. The smallest absolute Gasteiger partial charge is 0.237 e. The van der Waals surface area contributed by atoms with Crippen LogP contribution in [0.25, 0.3) is 0 Å². The molecule has 1 aliphatic rings. The van der Waals surface area contributed by atoms with Crippen molar-refractivity contribution >= 4 is 5.91 Å². The van der Waals surface area contributed by atoms with E-state index in [0.29, 0.717) is 5.76 Å². The minimum absolute atomic E-state index is 0.0104. The molecule has 2 rings (SSSR count). The summed E-state index contributed by atoms with van der Waals surface area (Å²) in [4.78, 5) is 14.9. The van der Waals surface area contributed by atoms with Gasteiger partial charge in [0.2, 0.25) is 5.91 Å². The van der Waals surface area contributed by atoms with Gasteiger partial charge >= 0.3 is 0 Å². The molecule has 1 aromatic heterocycles. The van der Waals surface area contributed by atoms with E-state index in [-0.39, 0.29) is 24.4 Å². The van der Waals surface area contributed by atoms with Crippen LogP contribution in [0.5, 0.6) is 0 Å². The van der Waals surface area contributed by atoms with Crippen LogP contribution in [0.1, 0.15) is 45.8 Å². The molecule has 0 spiro atoms. The summed E-state index contributed by atoms with van der Waals surface area (Å²) in [6.07, 6.45) is 5.08. The zero-order valence-corrected chi connectivity index (χ0v) is 13.8. The Balaban J connectivity index is 1.96. The molecule has 2 atom stereocenters. The Morgan fingerprint density at radius 2 is 2.09 bits per heavy atom. The number of likely N-dealkylation sites (tertiary alicyclic amines) is 1. The zero-order valence-electron chi connectivity index (χ0n) is 13.8. The van der Waals surface area contributed by atoms with Gasteiger partial charge in [0.1, 0.15) is 11.4 Å². The van der Waals surface area contributed by atoms with Gasteiger partial charge in [-0.1, -0.05) is 20.3 Å². The Labute approximate surface area is 132 Å². The molecule has 2 unspecified atom stereocenters. The van der Waals surface area contributed by atoms with E-state index in [4.69, 9.17) is 4.42 Å². The quantitative estimate of drug-likeness (QED) is 0.845. The second-order valence-corrected chi connectivity index (χ2v) is 6.75. The van der Waals surface area contributed by atoms with Gasteiger partial charge in [0.15, 0.2) is 0 Å². The molecule has 0 bridgehead atoms. The molecular formula is C17H28N2O3. The average molecular weight is 308 g/mol. The van der Waals surface area contributed by atoms with Crippen LogP contribution in [0, 0.1) is 5.92 Å². The third-order valence-electron chi connectivity index (χ3n) is 4.34. The molecule has 0 aromatic carbocycles. The van der Waals surface area contributed by atoms with E-state index in [1.165, 1.54) is 12.7 Å². The lowest BCUT2D eigenvalue weighted by Gasteiger charge is -2.36. The lowest BCUT2D eigenvalue weighted by molar-refractivity contribution is -0.129. The van der Waals surface area contributed by atoms with Crippen LogP contribution in [0.4, 0.5) is 0 Å². The molecule has 5 nitrogen and oxygen atoms in total. The summed E-state index contributed by atoms with van der Waals surface area (Å²) in [5, 5.41) is 13.3. The number of hydrogen-bond acceptors (Lipinski definition) is 4. The van der Waals surface area contributed by atoms with Gasteiger partial charge in [-0.2, -0.15) is 0 Å². The fourth-order valence-electron chi connectivity index (χ4n) is 3.12. The van der Waals surface area contributed by atoms with Gasteiger partial charge in [0, 0.05) is 0 Å². The van der Waals surface area contributed by atoms with Crippen molar-refractivity contribution in [2.75, 3.05) is 19.6 Å². The number of piperidine rings is 1. The highest BCUT2D eigenvalue weighted by Gasteiger charge is 2.32. The van der Waals surface area contributed by atoms with Gasteiger partial charge in [-0.25, -0.2) is 0 Å². The first-order chi connectivity index (χ1) is 10.4. The lowest BCUT2D eigenvalue weighted by atomic mass is 9.97. The van der Waals surface area contributed by atoms with Gasteiger partial charge in [-0.15, -0.1) is 0 Å². The van der Waals surface area contributed by atoms with Crippen LogP contribution < -0.4 is 5.32 Å². The van der Waals surface area contributed by atoms with E-state index in [2.05, 4.69) is 24.1 Å². The predicted octanol–water partition coefficient (Wildman–Crippen LogP) is 2.11. The number of nitrogens with zero attached hydrogens (tertiary/aromatic N) is 1. The van der Waals surface area contributed by atoms with Crippen molar-refractivity contribution in [3.05, 3.63) is 24.2 Å². The molecule has 0 aliphatic carbocycles. The standard InChI is InChI=1S/C17H28N2O3/c1-13(2)15(19-9-5-4-6-10-19)16(20)18-12-17(3,21)14-8-7-11-22-14/h7-8,11,13,15,21H,4-6,9-10,12H2,1-3H3,(H,18,20). The maximum Gasteiger partial charge on any atom is 0.237 e. The Morgan fingerprint density at radius 3 is 2.64 bits per heavy atom. The summed E-state index contributed by atoms with van der Waals surface area (Å²) in [6.45, 7) is 7.90. The van der Waals surface area contributed by atoms with Crippen LogP contribution in [0.2, 0.25) is 0 Å². The van der Waals surface area contributed by atoms with Crippen molar-refractivity contribution in [1.82, 2.24) is 10.2 Å². The summed E-state index contributed by atoms with van der Waals surface area (Å²) in [6, 6.07) is 3.32. The first kappa shape index (κ1) is 17.0. The fraction of sp³-hybridized carbons (Fsp3) is 0.706.